The van der Waals surface area contributed by atoms with Crippen LogP contribution in [0.4, 0.5) is 0 Å². The summed E-state index contributed by atoms with van der Waals surface area (Å²) in [4.78, 5) is 37.2. The van der Waals surface area contributed by atoms with E-state index >= 15 is 0 Å². The molecule has 7 heteroatoms. The Morgan fingerprint density at radius 2 is 1.78 bits per heavy atom. The maximum absolute atomic E-state index is 13.3. The second-order valence-electron chi connectivity index (χ2n) is 7.43. The Labute approximate surface area is 190 Å². The Morgan fingerprint density at radius 1 is 1.03 bits per heavy atom. The number of aryl methyl sites for hydroxylation is 1. The summed E-state index contributed by atoms with van der Waals surface area (Å²) < 4.78 is 1.49. The van der Waals surface area contributed by atoms with E-state index < -0.39 is 0 Å². The van der Waals surface area contributed by atoms with Crippen LogP contribution in [0.1, 0.15) is 18.1 Å². The fourth-order valence-electron chi connectivity index (χ4n) is 3.40. The van der Waals surface area contributed by atoms with Crippen LogP contribution in [0.5, 0.6) is 0 Å². The lowest BCUT2D eigenvalue weighted by Gasteiger charge is -2.21. The Bertz CT molecular complexity index is 1290. The first-order valence-corrected chi connectivity index (χ1v) is 11.4. The maximum Gasteiger partial charge on any atom is 0.267 e. The summed E-state index contributed by atoms with van der Waals surface area (Å²) in [7, 11) is 0. The molecule has 2 aromatic heterocycles. The number of thioether (sulfide) groups is 1. The number of carbonyl (C=O) groups excluding carboxylic acids is 1. The molecule has 0 fully saturated rings. The lowest BCUT2D eigenvalue weighted by atomic mass is 10.2. The minimum atomic E-state index is -0.196. The third-order valence-corrected chi connectivity index (χ3v) is 6.07. The zero-order chi connectivity index (χ0) is 22.5. The van der Waals surface area contributed by atoms with Gasteiger partial charge >= 0.3 is 0 Å². The molecule has 0 aliphatic rings. The summed E-state index contributed by atoms with van der Waals surface area (Å²) in [5.74, 6) is 0.662. The Balaban J connectivity index is 1.64. The first kappa shape index (κ1) is 21.8. The highest BCUT2D eigenvalue weighted by atomic mass is 32.2. The van der Waals surface area contributed by atoms with Gasteiger partial charge in [-0.05, 0) is 43.2 Å². The molecule has 1 amide bonds. The van der Waals surface area contributed by atoms with Gasteiger partial charge in [0.15, 0.2) is 5.16 Å². The van der Waals surface area contributed by atoms with Crippen molar-refractivity contribution in [3.63, 3.8) is 0 Å². The van der Waals surface area contributed by atoms with Crippen LogP contribution in [0.15, 0.2) is 82.9 Å². The molecule has 0 bridgehead atoms. The summed E-state index contributed by atoms with van der Waals surface area (Å²) in [6.45, 7) is 5.06. The summed E-state index contributed by atoms with van der Waals surface area (Å²) >= 11 is 1.26. The monoisotopic (exact) mass is 444 g/mol. The fraction of sp³-hybridized carbons (Fsp3) is 0.200. The number of para-hydroxylation sites is 1. The predicted octanol–water partition coefficient (Wildman–Crippen LogP) is 4.23. The second kappa shape index (κ2) is 9.78. The van der Waals surface area contributed by atoms with Gasteiger partial charge in [-0.1, -0.05) is 60.3 Å². The van der Waals surface area contributed by atoms with E-state index in [1.165, 1.54) is 16.3 Å². The van der Waals surface area contributed by atoms with Gasteiger partial charge in [0.25, 0.3) is 5.56 Å². The number of fused-ring (bicyclic) bond motifs is 1. The van der Waals surface area contributed by atoms with Gasteiger partial charge in [0, 0.05) is 19.3 Å². The number of aromatic nitrogens is 3. The van der Waals surface area contributed by atoms with E-state index in [2.05, 4.69) is 4.98 Å². The number of benzene rings is 2. The summed E-state index contributed by atoms with van der Waals surface area (Å²) in [5.41, 5.74) is 2.49. The minimum Gasteiger partial charge on any atom is -0.338 e. The van der Waals surface area contributed by atoms with Gasteiger partial charge in [-0.15, -0.1) is 0 Å². The molecule has 0 aliphatic heterocycles. The lowest BCUT2D eigenvalue weighted by Crippen LogP contribution is -2.32. The molecule has 0 N–H and O–H groups in total. The van der Waals surface area contributed by atoms with Gasteiger partial charge in [-0.3, -0.25) is 9.59 Å². The number of hydrogen-bond donors (Lipinski definition) is 0. The first-order chi connectivity index (χ1) is 15.6. The topological polar surface area (TPSA) is 68.1 Å². The number of pyridine rings is 1. The van der Waals surface area contributed by atoms with Gasteiger partial charge < -0.3 is 4.90 Å². The predicted molar refractivity (Wildman–Crippen MR) is 128 cm³/mol. The fourth-order valence-corrected chi connectivity index (χ4v) is 4.30. The smallest absolute Gasteiger partial charge is 0.267 e. The van der Waals surface area contributed by atoms with E-state index in [1.807, 2.05) is 68.4 Å². The van der Waals surface area contributed by atoms with Gasteiger partial charge in [0.1, 0.15) is 5.82 Å². The quantitative estimate of drug-likeness (QED) is 0.315. The van der Waals surface area contributed by atoms with E-state index in [4.69, 9.17) is 4.98 Å². The Kier molecular flexibility index (Phi) is 6.66. The SMILES string of the molecule is CCN(Cc1ccccc1)C(=O)CSc1nc2ccccc2c(=O)n1-c1ccc(C)cn1. The normalized spacial score (nSPS) is 10.9. The summed E-state index contributed by atoms with van der Waals surface area (Å²) in [5, 5.41) is 0.971. The van der Waals surface area contributed by atoms with Gasteiger partial charge in [-0.2, -0.15) is 0 Å². The standard InChI is InChI=1S/C25H24N4O2S/c1-3-28(16-19-9-5-4-6-10-19)23(30)17-32-25-27-21-12-8-7-11-20(21)24(31)29(25)22-14-13-18(2)15-26-22/h4-15H,3,16-17H2,1-2H3. The van der Waals surface area contributed by atoms with Crippen LogP contribution in [-0.2, 0) is 11.3 Å². The molecule has 6 nitrogen and oxygen atoms in total. The summed E-state index contributed by atoms with van der Waals surface area (Å²) in [6, 6.07) is 20.8. The molecule has 0 saturated carbocycles. The molecule has 0 saturated heterocycles. The van der Waals surface area contributed by atoms with Crippen molar-refractivity contribution in [3.05, 3.63) is 94.4 Å². The van der Waals surface area contributed by atoms with Crippen LogP contribution >= 0.6 is 11.8 Å². The first-order valence-electron chi connectivity index (χ1n) is 10.5. The van der Waals surface area contributed by atoms with Gasteiger partial charge in [0.2, 0.25) is 5.91 Å². The van der Waals surface area contributed by atoms with Gasteiger partial charge in [0.05, 0.1) is 16.7 Å². The third kappa shape index (κ3) is 4.73. The highest BCUT2D eigenvalue weighted by Gasteiger charge is 2.18. The second-order valence-corrected chi connectivity index (χ2v) is 8.37. The molecule has 4 rings (SSSR count). The van der Waals surface area contributed by atoms with Crippen LogP contribution in [0, 0.1) is 6.92 Å². The van der Waals surface area contributed by atoms with E-state index in [0.717, 1.165) is 11.1 Å². The van der Waals surface area contributed by atoms with Crippen LogP contribution in [0.25, 0.3) is 16.7 Å². The number of nitrogens with zero attached hydrogens (tertiary/aromatic N) is 4. The van der Waals surface area contributed by atoms with Crippen LogP contribution in [0.2, 0.25) is 0 Å². The van der Waals surface area contributed by atoms with Crippen molar-refractivity contribution in [1.82, 2.24) is 19.4 Å². The van der Waals surface area contributed by atoms with E-state index in [0.29, 0.717) is 35.0 Å². The minimum absolute atomic E-state index is 0.00724. The molecule has 0 atom stereocenters. The molecule has 0 aliphatic carbocycles. The molecule has 0 radical (unpaired) electrons. The molecule has 2 aromatic carbocycles. The average molecular weight is 445 g/mol. The van der Waals surface area contributed by atoms with Crippen molar-refractivity contribution in [2.45, 2.75) is 25.5 Å². The zero-order valence-electron chi connectivity index (χ0n) is 18.1. The van der Waals surface area contributed by atoms with E-state index in [1.54, 1.807) is 23.2 Å². The number of amides is 1. The van der Waals surface area contributed by atoms with E-state index in [-0.39, 0.29) is 17.2 Å². The van der Waals surface area contributed by atoms with Crippen LogP contribution in [-0.4, -0.2) is 37.6 Å². The molecular formula is C25H24N4O2S. The highest BCUT2D eigenvalue weighted by molar-refractivity contribution is 7.99. The number of carbonyl (C=O) groups is 1. The molecule has 0 spiro atoms. The third-order valence-electron chi connectivity index (χ3n) is 5.15. The Hall–Kier alpha value is -3.45. The van der Waals surface area contributed by atoms with Gasteiger partial charge in [-0.25, -0.2) is 14.5 Å². The van der Waals surface area contributed by atoms with Crippen molar-refractivity contribution in [1.29, 1.82) is 0 Å². The lowest BCUT2D eigenvalue weighted by molar-refractivity contribution is -0.128. The molecule has 4 aromatic rings. The molecule has 2 heterocycles. The van der Waals surface area contributed by atoms with Crippen molar-refractivity contribution in [3.8, 4) is 5.82 Å². The maximum atomic E-state index is 13.3. The van der Waals surface area contributed by atoms with Crippen LogP contribution in [0.3, 0.4) is 0 Å². The average Bonchev–Trinajstić information content (AvgIpc) is 2.82. The highest BCUT2D eigenvalue weighted by Crippen LogP contribution is 2.21. The van der Waals surface area contributed by atoms with Crippen molar-refractivity contribution in [2.24, 2.45) is 0 Å². The molecular weight excluding hydrogens is 420 g/mol. The molecule has 0 unspecified atom stereocenters. The number of hydrogen-bond acceptors (Lipinski definition) is 5. The zero-order valence-corrected chi connectivity index (χ0v) is 18.9. The van der Waals surface area contributed by atoms with Crippen LogP contribution < -0.4 is 5.56 Å². The molecule has 162 valence electrons. The van der Waals surface area contributed by atoms with Crippen molar-refractivity contribution < 1.29 is 4.79 Å². The largest absolute Gasteiger partial charge is 0.338 e. The van der Waals surface area contributed by atoms with E-state index in [9.17, 15) is 9.59 Å². The summed E-state index contributed by atoms with van der Waals surface area (Å²) in [6.07, 6.45) is 1.72. The Morgan fingerprint density at radius 3 is 2.50 bits per heavy atom. The number of rotatable bonds is 7. The molecule has 32 heavy (non-hydrogen) atoms. The van der Waals surface area contributed by atoms with Crippen molar-refractivity contribution >= 4 is 28.6 Å². The van der Waals surface area contributed by atoms with Crippen molar-refractivity contribution in [2.75, 3.05) is 12.3 Å².